The van der Waals surface area contributed by atoms with Crippen molar-refractivity contribution in [1.82, 2.24) is 0 Å². The Kier molecular flexibility index (Phi) is 8.86. The summed E-state index contributed by atoms with van der Waals surface area (Å²) in [5.41, 5.74) is 0.586. The monoisotopic (exact) mass is 360 g/mol. The fourth-order valence-corrected chi connectivity index (χ4v) is 4.22. The summed E-state index contributed by atoms with van der Waals surface area (Å²) in [7, 11) is 0. The Morgan fingerprint density at radius 1 is 1.00 bits per heavy atom. The van der Waals surface area contributed by atoms with E-state index < -0.39 is 0 Å². The Balaban J connectivity index is 2.22. The van der Waals surface area contributed by atoms with E-state index in [0.29, 0.717) is 5.41 Å². The molecule has 0 heterocycles. The molecule has 0 N–H and O–H groups in total. The molecule has 2 heteroatoms. The molecule has 1 rings (SSSR count). The average Bonchev–Trinajstić information content (AvgIpc) is 2.46. The van der Waals surface area contributed by atoms with Gasteiger partial charge in [0, 0.05) is 11.9 Å². The Labute approximate surface area is 141 Å². The quantitative estimate of drug-likeness (QED) is 0.327. The maximum atomic E-state index is 6.34. The number of rotatable bonds is 9. The van der Waals surface area contributed by atoms with Crippen LogP contribution in [0.1, 0.15) is 91.9 Å². The molecule has 1 aliphatic rings. The van der Waals surface area contributed by atoms with Gasteiger partial charge in [0.15, 0.2) is 0 Å². The van der Waals surface area contributed by atoms with Gasteiger partial charge < -0.3 is 4.74 Å². The van der Waals surface area contributed by atoms with Crippen molar-refractivity contribution < 1.29 is 4.74 Å². The van der Waals surface area contributed by atoms with E-state index in [1.807, 2.05) is 0 Å². The topological polar surface area (TPSA) is 9.23 Å². The number of ether oxygens (including phenoxy) is 1. The molecule has 0 aliphatic heterocycles. The van der Waals surface area contributed by atoms with Gasteiger partial charge in [-0.3, -0.25) is 0 Å². The van der Waals surface area contributed by atoms with Crippen molar-refractivity contribution in [2.75, 3.05) is 11.9 Å². The lowest BCUT2D eigenvalue weighted by atomic mass is 9.69. The molecule has 1 aliphatic carbocycles. The second-order valence-electron chi connectivity index (χ2n) is 8.07. The van der Waals surface area contributed by atoms with Gasteiger partial charge in [0.1, 0.15) is 0 Å². The van der Waals surface area contributed by atoms with Gasteiger partial charge in [0.25, 0.3) is 0 Å². The summed E-state index contributed by atoms with van der Waals surface area (Å²) >= 11 is 3.72. The van der Waals surface area contributed by atoms with Crippen LogP contribution in [0.5, 0.6) is 0 Å². The fourth-order valence-electron chi connectivity index (χ4n) is 3.50. The predicted molar refractivity (Wildman–Crippen MR) is 97.3 cm³/mol. The zero-order valence-electron chi connectivity index (χ0n) is 14.8. The third kappa shape index (κ3) is 7.03. The molecule has 1 fully saturated rings. The predicted octanol–water partition coefficient (Wildman–Crippen LogP) is 6.73. The number of alkyl halides is 1. The molecule has 0 aromatic heterocycles. The van der Waals surface area contributed by atoms with Crippen LogP contribution in [0.2, 0.25) is 0 Å². The van der Waals surface area contributed by atoms with Crippen LogP contribution < -0.4 is 0 Å². The van der Waals surface area contributed by atoms with Crippen molar-refractivity contribution in [2.24, 2.45) is 11.3 Å². The summed E-state index contributed by atoms with van der Waals surface area (Å²) in [5, 5.41) is 1.01. The minimum atomic E-state index is 0.130. The van der Waals surface area contributed by atoms with E-state index in [2.05, 4.69) is 43.6 Å². The highest BCUT2D eigenvalue weighted by atomic mass is 79.9. The third-order valence-electron chi connectivity index (χ3n) is 5.27. The molecule has 0 spiro atoms. The van der Waals surface area contributed by atoms with Crippen molar-refractivity contribution in [3.63, 3.8) is 0 Å². The standard InChI is InChI=1S/C19H37BrO/c1-5-6-7-8-9-10-15-21-19(16-20)13-11-17(12-14-19)18(2,3)4/h17H,5-16H2,1-4H3. The lowest BCUT2D eigenvalue weighted by molar-refractivity contribution is -0.0701. The molecule has 0 aromatic rings. The summed E-state index contributed by atoms with van der Waals surface area (Å²) in [5.74, 6) is 0.863. The van der Waals surface area contributed by atoms with Gasteiger partial charge in [0.2, 0.25) is 0 Å². The first kappa shape index (κ1) is 19.5. The second-order valence-corrected chi connectivity index (χ2v) is 8.63. The summed E-state index contributed by atoms with van der Waals surface area (Å²) in [6.07, 6.45) is 13.2. The number of hydrogen-bond acceptors (Lipinski definition) is 1. The molecule has 0 unspecified atom stereocenters. The highest BCUT2D eigenvalue weighted by Crippen LogP contribution is 2.43. The summed E-state index contributed by atoms with van der Waals surface area (Å²) in [6.45, 7) is 10.4. The zero-order valence-corrected chi connectivity index (χ0v) is 16.4. The highest BCUT2D eigenvalue weighted by Gasteiger charge is 2.38. The van der Waals surface area contributed by atoms with Gasteiger partial charge in [-0.15, -0.1) is 0 Å². The third-order valence-corrected chi connectivity index (χ3v) is 6.29. The molecule has 0 saturated heterocycles. The van der Waals surface area contributed by atoms with E-state index in [1.165, 1.54) is 64.2 Å². The van der Waals surface area contributed by atoms with E-state index in [0.717, 1.165) is 17.9 Å². The van der Waals surface area contributed by atoms with Gasteiger partial charge in [-0.05, 0) is 43.4 Å². The average molecular weight is 361 g/mol. The normalized spacial score (nSPS) is 27.0. The fraction of sp³-hybridized carbons (Fsp3) is 1.00. The molecule has 1 saturated carbocycles. The van der Waals surface area contributed by atoms with Crippen LogP contribution in [0.25, 0.3) is 0 Å². The molecule has 0 amide bonds. The van der Waals surface area contributed by atoms with E-state index in [9.17, 15) is 0 Å². The molecule has 0 radical (unpaired) electrons. The lowest BCUT2D eigenvalue weighted by Crippen LogP contribution is -2.41. The highest BCUT2D eigenvalue weighted by molar-refractivity contribution is 9.09. The number of hydrogen-bond donors (Lipinski definition) is 0. The van der Waals surface area contributed by atoms with Crippen molar-refractivity contribution in [1.29, 1.82) is 0 Å². The first-order valence-electron chi connectivity index (χ1n) is 9.13. The first-order valence-corrected chi connectivity index (χ1v) is 10.3. The molecular weight excluding hydrogens is 324 g/mol. The number of halogens is 1. The van der Waals surface area contributed by atoms with Crippen LogP contribution in [0, 0.1) is 11.3 Å². The molecule has 21 heavy (non-hydrogen) atoms. The minimum Gasteiger partial charge on any atom is -0.374 e. The van der Waals surface area contributed by atoms with E-state index in [-0.39, 0.29) is 5.60 Å². The van der Waals surface area contributed by atoms with Crippen molar-refractivity contribution >= 4 is 15.9 Å². The Morgan fingerprint density at radius 2 is 1.57 bits per heavy atom. The smallest absolute Gasteiger partial charge is 0.0779 e. The minimum absolute atomic E-state index is 0.130. The van der Waals surface area contributed by atoms with Crippen molar-refractivity contribution in [3.8, 4) is 0 Å². The van der Waals surface area contributed by atoms with Crippen LogP contribution in [0.3, 0.4) is 0 Å². The van der Waals surface area contributed by atoms with Crippen LogP contribution in [0.4, 0.5) is 0 Å². The van der Waals surface area contributed by atoms with Crippen molar-refractivity contribution in [3.05, 3.63) is 0 Å². The van der Waals surface area contributed by atoms with Gasteiger partial charge in [0.05, 0.1) is 5.60 Å². The summed E-state index contributed by atoms with van der Waals surface area (Å²) in [6, 6.07) is 0. The second kappa shape index (κ2) is 9.55. The van der Waals surface area contributed by atoms with Crippen LogP contribution in [0.15, 0.2) is 0 Å². The number of unbranched alkanes of at least 4 members (excludes halogenated alkanes) is 5. The molecule has 0 bridgehead atoms. The largest absolute Gasteiger partial charge is 0.374 e. The van der Waals surface area contributed by atoms with E-state index in [4.69, 9.17) is 4.74 Å². The maximum Gasteiger partial charge on any atom is 0.0779 e. The zero-order chi connectivity index (χ0) is 15.8. The lowest BCUT2D eigenvalue weighted by Gasteiger charge is -2.43. The molecule has 0 atom stereocenters. The SMILES string of the molecule is CCCCCCCCOC1(CBr)CCC(C(C)(C)C)CC1. The van der Waals surface area contributed by atoms with Crippen LogP contribution in [-0.4, -0.2) is 17.5 Å². The Hall–Kier alpha value is 0.440. The van der Waals surface area contributed by atoms with Gasteiger partial charge in [-0.25, -0.2) is 0 Å². The van der Waals surface area contributed by atoms with Crippen LogP contribution in [-0.2, 0) is 4.74 Å². The van der Waals surface area contributed by atoms with Gasteiger partial charge in [-0.1, -0.05) is 75.7 Å². The first-order chi connectivity index (χ1) is 9.93. The summed E-state index contributed by atoms with van der Waals surface area (Å²) < 4.78 is 6.34. The summed E-state index contributed by atoms with van der Waals surface area (Å²) in [4.78, 5) is 0. The van der Waals surface area contributed by atoms with Gasteiger partial charge in [-0.2, -0.15) is 0 Å². The van der Waals surface area contributed by atoms with E-state index in [1.54, 1.807) is 0 Å². The maximum absolute atomic E-state index is 6.34. The van der Waals surface area contributed by atoms with E-state index >= 15 is 0 Å². The Morgan fingerprint density at radius 3 is 2.10 bits per heavy atom. The molecular formula is C19H37BrO. The van der Waals surface area contributed by atoms with Gasteiger partial charge >= 0.3 is 0 Å². The van der Waals surface area contributed by atoms with Crippen molar-refractivity contribution in [2.45, 2.75) is 97.5 Å². The Bertz CT molecular complexity index is 261. The van der Waals surface area contributed by atoms with Crippen LogP contribution >= 0.6 is 15.9 Å². The molecule has 0 aromatic carbocycles. The molecule has 1 nitrogen and oxygen atoms in total. The molecule has 126 valence electrons.